The Morgan fingerprint density at radius 2 is 2.32 bits per heavy atom. The number of carbonyl (C=O) groups excluding carboxylic acids is 1. The van der Waals surface area contributed by atoms with Crippen molar-refractivity contribution < 1.29 is 4.79 Å². The highest BCUT2D eigenvalue weighted by atomic mass is 32.1. The maximum Gasteiger partial charge on any atom is 0.229 e. The third-order valence-electron chi connectivity index (χ3n) is 4.03. The second-order valence-corrected chi connectivity index (χ2v) is 7.82. The molecule has 1 saturated carbocycles. The molecule has 25 heavy (non-hydrogen) atoms. The molecule has 4 rings (SSSR count). The molecule has 1 aliphatic rings. The van der Waals surface area contributed by atoms with E-state index in [1.54, 1.807) is 0 Å². The summed E-state index contributed by atoms with van der Waals surface area (Å²) in [4.78, 5) is 16.3. The Bertz CT molecular complexity index is 984. The van der Waals surface area contributed by atoms with E-state index in [1.165, 1.54) is 11.3 Å². The Morgan fingerprint density at radius 3 is 3.04 bits per heavy atom. The van der Waals surface area contributed by atoms with Gasteiger partial charge in [-0.3, -0.25) is 4.79 Å². The third-order valence-corrected chi connectivity index (χ3v) is 5.37. The SMILES string of the molecule is Cc1[nH]c(=S)sc1CC(=O)Nc1cccc(-c2nnnn2C2CC2)c1. The molecule has 3 aromatic rings. The van der Waals surface area contributed by atoms with Crippen LogP contribution in [0.1, 0.15) is 29.5 Å². The van der Waals surface area contributed by atoms with Crippen molar-refractivity contribution in [3.63, 3.8) is 0 Å². The molecule has 0 aliphatic heterocycles. The lowest BCUT2D eigenvalue weighted by Crippen LogP contribution is -2.14. The van der Waals surface area contributed by atoms with Gasteiger partial charge < -0.3 is 10.3 Å². The minimum absolute atomic E-state index is 0.0766. The lowest BCUT2D eigenvalue weighted by atomic mass is 10.2. The van der Waals surface area contributed by atoms with Gasteiger partial charge in [-0.15, -0.1) is 16.4 Å². The first-order valence-corrected chi connectivity index (χ1v) is 9.19. The molecule has 0 bridgehead atoms. The van der Waals surface area contributed by atoms with Gasteiger partial charge in [-0.25, -0.2) is 4.68 Å². The monoisotopic (exact) mass is 372 g/mol. The molecule has 2 aromatic heterocycles. The predicted octanol–water partition coefficient (Wildman–Crippen LogP) is 3.28. The maximum atomic E-state index is 12.3. The number of benzene rings is 1. The summed E-state index contributed by atoms with van der Waals surface area (Å²) >= 11 is 6.55. The van der Waals surface area contributed by atoms with Crippen LogP contribution in [0.25, 0.3) is 11.4 Å². The van der Waals surface area contributed by atoms with Crippen molar-refractivity contribution in [2.75, 3.05) is 5.32 Å². The molecule has 1 amide bonds. The summed E-state index contributed by atoms with van der Waals surface area (Å²) in [7, 11) is 0. The van der Waals surface area contributed by atoms with Gasteiger partial charge in [0.05, 0.1) is 12.5 Å². The molecule has 2 N–H and O–H groups in total. The van der Waals surface area contributed by atoms with E-state index in [4.69, 9.17) is 12.2 Å². The number of nitrogens with zero attached hydrogens (tertiary/aromatic N) is 4. The van der Waals surface area contributed by atoms with Crippen LogP contribution in [-0.4, -0.2) is 31.1 Å². The lowest BCUT2D eigenvalue weighted by Gasteiger charge is -2.07. The van der Waals surface area contributed by atoms with E-state index in [2.05, 4.69) is 25.8 Å². The molecule has 7 nitrogen and oxygen atoms in total. The topological polar surface area (TPSA) is 88.5 Å². The van der Waals surface area contributed by atoms with Crippen LogP contribution in [0.5, 0.6) is 0 Å². The van der Waals surface area contributed by atoms with Crippen LogP contribution in [0.15, 0.2) is 24.3 Å². The number of aromatic nitrogens is 5. The summed E-state index contributed by atoms with van der Waals surface area (Å²) in [5.41, 5.74) is 2.57. The zero-order chi connectivity index (χ0) is 17.4. The van der Waals surface area contributed by atoms with Crippen LogP contribution in [0, 0.1) is 10.9 Å². The first-order chi connectivity index (χ1) is 12.1. The van der Waals surface area contributed by atoms with E-state index in [0.717, 1.165) is 40.5 Å². The average molecular weight is 372 g/mol. The number of nitrogens with one attached hydrogen (secondary N) is 2. The van der Waals surface area contributed by atoms with Gasteiger partial charge in [0.15, 0.2) is 9.78 Å². The van der Waals surface area contributed by atoms with E-state index >= 15 is 0 Å². The van der Waals surface area contributed by atoms with Gasteiger partial charge in [0, 0.05) is 21.8 Å². The number of aromatic amines is 1. The number of amides is 1. The van der Waals surface area contributed by atoms with E-state index < -0.39 is 0 Å². The largest absolute Gasteiger partial charge is 0.341 e. The van der Waals surface area contributed by atoms with Gasteiger partial charge in [-0.1, -0.05) is 12.1 Å². The predicted molar refractivity (Wildman–Crippen MR) is 98.1 cm³/mol. The number of carbonyl (C=O) groups is 1. The second-order valence-electron chi connectivity index (χ2n) is 6.05. The van der Waals surface area contributed by atoms with E-state index in [-0.39, 0.29) is 5.91 Å². The number of hydrogen-bond acceptors (Lipinski definition) is 6. The Hall–Kier alpha value is -2.39. The molecule has 1 fully saturated rings. The highest BCUT2D eigenvalue weighted by Crippen LogP contribution is 2.36. The quantitative estimate of drug-likeness (QED) is 0.671. The summed E-state index contributed by atoms with van der Waals surface area (Å²) < 4.78 is 2.55. The fourth-order valence-corrected chi connectivity index (χ4v) is 3.93. The minimum atomic E-state index is -0.0766. The van der Waals surface area contributed by atoms with Crippen molar-refractivity contribution in [1.82, 2.24) is 25.2 Å². The minimum Gasteiger partial charge on any atom is -0.341 e. The molecular formula is C16H16N6OS2. The van der Waals surface area contributed by atoms with Crippen LogP contribution in [0.3, 0.4) is 0 Å². The van der Waals surface area contributed by atoms with Crippen molar-refractivity contribution in [3.8, 4) is 11.4 Å². The molecule has 0 radical (unpaired) electrons. The molecule has 0 saturated heterocycles. The molecular weight excluding hydrogens is 356 g/mol. The summed E-state index contributed by atoms with van der Waals surface area (Å²) in [5.74, 6) is 0.658. The van der Waals surface area contributed by atoms with Gasteiger partial charge in [0.25, 0.3) is 0 Å². The van der Waals surface area contributed by atoms with Crippen LogP contribution in [0.4, 0.5) is 5.69 Å². The number of H-pyrrole nitrogens is 1. The van der Waals surface area contributed by atoms with E-state index in [0.29, 0.717) is 16.4 Å². The third kappa shape index (κ3) is 3.52. The Morgan fingerprint density at radius 1 is 1.48 bits per heavy atom. The van der Waals surface area contributed by atoms with Gasteiger partial charge in [-0.2, -0.15) is 0 Å². The van der Waals surface area contributed by atoms with Gasteiger partial charge in [0.1, 0.15) is 0 Å². The van der Waals surface area contributed by atoms with Crippen LogP contribution in [0.2, 0.25) is 0 Å². The fourth-order valence-electron chi connectivity index (χ4n) is 2.64. The fraction of sp³-hybridized carbons (Fsp3) is 0.312. The van der Waals surface area contributed by atoms with Crippen LogP contribution < -0.4 is 5.32 Å². The van der Waals surface area contributed by atoms with Crippen molar-refractivity contribution in [1.29, 1.82) is 0 Å². The molecule has 0 atom stereocenters. The number of hydrogen-bond donors (Lipinski definition) is 2. The van der Waals surface area contributed by atoms with Gasteiger partial charge in [-0.05, 0) is 54.5 Å². The average Bonchev–Trinajstić information content (AvgIpc) is 3.21. The summed E-state index contributed by atoms with van der Waals surface area (Å²) in [6, 6.07) is 7.99. The summed E-state index contributed by atoms with van der Waals surface area (Å²) in [6.07, 6.45) is 2.51. The normalized spacial score (nSPS) is 13.8. The van der Waals surface area contributed by atoms with Crippen molar-refractivity contribution in [3.05, 3.63) is 38.8 Å². The molecule has 9 heteroatoms. The highest BCUT2D eigenvalue weighted by molar-refractivity contribution is 7.73. The van der Waals surface area contributed by atoms with Crippen LogP contribution in [-0.2, 0) is 11.2 Å². The molecule has 0 spiro atoms. The maximum absolute atomic E-state index is 12.3. The standard InChI is InChI=1S/C16H16N6OS2/c1-9-13(25-16(24)17-9)8-14(23)18-11-4-2-3-10(7-11)15-19-20-21-22(15)12-5-6-12/h2-4,7,12H,5-6,8H2,1H3,(H,17,24)(H,18,23). The summed E-state index contributed by atoms with van der Waals surface area (Å²) in [5, 5.41) is 14.9. The Kier molecular flexibility index (Phi) is 4.18. The lowest BCUT2D eigenvalue weighted by molar-refractivity contribution is -0.115. The van der Waals surface area contributed by atoms with Gasteiger partial charge in [0.2, 0.25) is 5.91 Å². The Labute approximate surface area is 153 Å². The number of anilines is 1. The Balaban J connectivity index is 1.51. The van der Waals surface area contributed by atoms with E-state index in [9.17, 15) is 4.79 Å². The molecule has 1 aliphatic carbocycles. The number of thiazole rings is 1. The smallest absolute Gasteiger partial charge is 0.229 e. The molecule has 128 valence electrons. The molecule has 1 aromatic carbocycles. The molecule has 0 unspecified atom stereocenters. The highest BCUT2D eigenvalue weighted by Gasteiger charge is 2.28. The van der Waals surface area contributed by atoms with Crippen molar-refractivity contribution in [2.45, 2.75) is 32.2 Å². The zero-order valence-electron chi connectivity index (χ0n) is 13.5. The number of rotatable bonds is 5. The van der Waals surface area contributed by atoms with Crippen molar-refractivity contribution >= 4 is 35.1 Å². The first kappa shape index (κ1) is 16.1. The van der Waals surface area contributed by atoms with Gasteiger partial charge >= 0.3 is 0 Å². The first-order valence-electron chi connectivity index (χ1n) is 7.97. The number of aryl methyl sites for hydroxylation is 1. The zero-order valence-corrected chi connectivity index (χ0v) is 15.2. The van der Waals surface area contributed by atoms with Crippen molar-refractivity contribution in [2.24, 2.45) is 0 Å². The summed E-state index contributed by atoms with van der Waals surface area (Å²) in [6.45, 7) is 1.92. The van der Waals surface area contributed by atoms with E-state index in [1.807, 2.05) is 35.9 Å². The van der Waals surface area contributed by atoms with Crippen LogP contribution >= 0.6 is 23.6 Å². The second kappa shape index (κ2) is 6.49. The number of tetrazole rings is 1. The molecule has 2 heterocycles.